The van der Waals surface area contributed by atoms with Gasteiger partial charge in [0.1, 0.15) is 5.75 Å². The van der Waals surface area contributed by atoms with Gasteiger partial charge >= 0.3 is 0 Å². The van der Waals surface area contributed by atoms with Crippen molar-refractivity contribution in [1.29, 1.82) is 0 Å². The van der Waals surface area contributed by atoms with Gasteiger partial charge in [0.25, 0.3) is 5.91 Å². The van der Waals surface area contributed by atoms with Crippen LogP contribution in [0.5, 0.6) is 5.75 Å². The predicted octanol–water partition coefficient (Wildman–Crippen LogP) is 2.45. The first-order valence-corrected chi connectivity index (χ1v) is 6.73. The average Bonchev–Trinajstić information content (AvgIpc) is 2.41. The first-order valence-electron chi connectivity index (χ1n) is 6.73. The lowest BCUT2D eigenvalue weighted by Gasteiger charge is -2.34. The van der Waals surface area contributed by atoms with Gasteiger partial charge in [-0.25, -0.2) is 0 Å². The molecule has 0 bridgehead atoms. The molecule has 1 amide bonds. The largest absolute Gasteiger partial charge is 0.507 e. The van der Waals surface area contributed by atoms with Gasteiger partial charge in [-0.15, -0.1) is 0 Å². The number of carbonyl (C=O) groups excluding carboxylic acids is 1. The van der Waals surface area contributed by atoms with E-state index in [1.54, 1.807) is 19.2 Å². The van der Waals surface area contributed by atoms with Gasteiger partial charge in [-0.1, -0.05) is 24.3 Å². The highest BCUT2D eigenvalue weighted by atomic mass is 16.5. The lowest BCUT2D eigenvalue weighted by Crippen LogP contribution is -2.47. The summed E-state index contributed by atoms with van der Waals surface area (Å²) in [4.78, 5) is 12.2. The minimum Gasteiger partial charge on any atom is -0.507 e. The molecular formula is C16H17NO3. The van der Waals surface area contributed by atoms with E-state index in [4.69, 9.17) is 4.74 Å². The molecule has 0 unspecified atom stereocenters. The van der Waals surface area contributed by atoms with Crippen LogP contribution in [0.2, 0.25) is 0 Å². The minimum absolute atomic E-state index is 0.0174. The van der Waals surface area contributed by atoms with Crippen LogP contribution >= 0.6 is 0 Å². The number of fused-ring (bicyclic) bond motifs is 1. The van der Waals surface area contributed by atoms with E-state index in [-0.39, 0.29) is 23.8 Å². The third-order valence-corrected chi connectivity index (χ3v) is 3.87. The van der Waals surface area contributed by atoms with Gasteiger partial charge in [-0.2, -0.15) is 0 Å². The van der Waals surface area contributed by atoms with Crippen LogP contribution in [0.25, 0.3) is 10.8 Å². The SMILES string of the molecule is COC1CC(NC(=O)c2cc3ccccc3cc2O)C1. The van der Waals surface area contributed by atoms with E-state index in [1.165, 1.54) is 0 Å². The molecule has 1 fully saturated rings. The Morgan fingerprint density at radius 1 is 1.25 bits per heavy atom. The van der Waals surface area contributed by atoms with E-state index in [1.807, 2.05) is 24.3 Å². The zero-order chi connectivity index (χ0) is 14.1. The summed E-state index contributed by atoms with van der Waals surface area (Å²) in [6.07, 6.45) is 1.90. The maximum Gasteiger partial charge on any atom is 0.255 e. The second-order valence-electron chi connectivity index (χ2n) is 5.22. The van der Waals surface area contributed by atoms with Crippen LogP contribution in [0.3, 0.4) is 0 Å². The molecule has 2 aromatic carbocycles. The maximum atomic E-state index is 12.2. The number of benzene rings is 2. The molecule has 0 aromatic heterocycles. The Balaban J connectivity index is 1.79. The molecule has 2 N–H and O–H groups in total. The number of hydrogen-bond acceptors (Lipinski definition) is 3. The third-order valence-electron chi connectivity index (χ3n) is 3.87. The Labute approximate surface area is 117 Å². The van der Waals surface area contributed by atoms with Gasteiger partial charge in [0, 0.05) is 13.2 Å². The molecule has 4 nitrogen and oxygen atoms in total. The van der Waals surface area contributed by atoms with Gasteiger partial charge in [0.2, 0.25) is 0 Å². The van der Waals surface area contributed by atoms with E-state index in [9.17, 15) is 9.90 Å². The van der Waals surface area contributed by atoms with Crippen molar-refractivity contribution < 1.29 is 14.6 Å². The Morgan fingerprint density at radius 2 is 1.90 bits per heavy atom. The van der Waals surface area contributed by atoms with Crippen LogP contribution in [0.4, 0.5) is 0 Å². The Kier molecular flexibility index (Phi) is 3.32. The summed E-state index contributed by atoms with van der Waals surface area (Å²) in [5, 5.41) is 14.8. The van der Waals surface area contributed by atoms with Crippen molar-refractivity contribution in [3.63, 3.8) is 0 Å². The highest BCUT2D eigenvalue weighted by Gasteiger charge is 2.30. The monoisotopic (exact) mass is 271 g/mol. The van der Waals surface area contributed by atoms with E-state index in [0.717, 1.165) is 23.6 Å². The molecular weight excluding hydrogens is 254 g/mol. The van der Waals surface area contributed by atoms with Gasteiger partial charge in [-0.05, 0) is 35.7 Å². The van der Waals surface area contributed by atoms with Crippen molar-refractivity contribution in [1.82, 2.24) is 5.32 Å². The fraction of sp³-hybridized carbons (Fsp3) is 0.312. The minimum atomic E-state index is -0.229. The zero-order valence-electron chi connectivity index (χ0n) is 11.3. The molecule has 4 heteroatoms. The summed E-state index contributed by atoms with van der Waals surface area (Å²) in [5.74, 6) is -0.211. The fourth-order valence-corrected chi connectivity index (χ4v) is 2.55. The number of rotatable bonds is 3. The van der Waals surface area contributed by atoms with Crippen LogP contribution in [0.15, 0.2) is 36.4 Å². The second-order valence-corrected chi connectivity index (χ2v) is 5.22. The highest BCUT2D eigenvalue weighted by Crippen LogP contribution is 2.27. The van der Waals surface area contributed by atoms with Crippen molar-refractivity contribution in [2.45, 2.75) is 25.0 Å². The number of methoxy groups -OCH3 is 1. The van der Waals surface area contributed by atoms with Gasteiger partial charge in [0.15, 0.2) is 0 Å². The van der Waals surface area contributed by atoms with Crippen LogP contribution in [0.1, 0.15) is 23.2 Å². The zero-order valence-corrected chi connectivity index (χ0v) is 11.3. The Morgan fingerprint density at radius 3 is 2.55 bits per heavy atom. The maximum absolute atomic E-state index is 12.2. The van der Waals surface area contributed by atoms with E-state index in [2.05, 4.69) is 5.32 Å². The van der Waals surface area contributed by atoms with Crippen molar-refractivity contribution in [2.75, 3.05) is 7.11 Å². The summed E-state index contributed by atoms with van der Waals surface area (Å²) >= 11 is 0. The van der Waals surface area contributed by atoms with Crippen LogP contribution in [0, 0.1) is 0 Å². The van der Waals surface area contributed by atoms with E-state index in [0.29, 0.717) is 5.56 Å². The summed E-state index contributed by atoms with van der Waals surface area (Å²) in [7, 11) is 1.68. The van der Waals surface area contributed by atoms with Gasteiger partial charge in [-0.3, -0.25) is 4.79 Å². The number of phenolic OH excluding ortho intramolecular Hbond substituents is 1. The molecule has 1 aliphatic rings. The van der Waals surface area contributed by atoms with Crippen molar-refractivity contribution >= 4 is 16.7 Å². The Hall–Kier alpha value is -2.07. The summed E-state index contributed by atoms with van der Waals surface area (Å²) in [6, 6.07) is 11.1. The number of hydrogen-bond donors (Lipinski definition) is 2. The van der Waals surface area contributed by atoms with Crippen LogP contribution in [-0.2, 0) is 4.74 Å². The molecule has 0 aliphatic heterocycles. The first-order chi connectivity index (χ1) is 9.67. The molecule has 0 saturated heterocycles. The summed E-state index contributed by atoms with van der Waals surface area (Å²) in [6.45, 7) is 0. The lowest BCUT2D eigenvalue weighted by atomic mass is 9.89. The van der Waals surface area contributed by atoms with E-state index >= 15 is 0 Å². The van der Waals surface area contributed by atoms with Crippen molar-refractivity contribution in [2.24, 2.45) is 0 Å². The predicted molar refractivity (Wildman–Crippen MR) is 76.9 cm³/mol. The van der Waals surface area contributed by atoms with E-state index < -0.39 is 0 Å². The molecule has 0 atom stereocenters. The summed E-state index contributed by atoms with van der Waals surface area (Å²) in [5.41, 5.74) is 0.324. The van der Waals surface area contributed by atoms with Gasteiger partial charge in [0.05, 0.1) is 11.7 Å². The number of aromatic hydroxyl groups is 1. The number of phenols is 1. The topological polar surface area (TPSA) is 58.6 Å². The number of carbonyl (C=O) groups is 1. The fourth-order valence-electron chi connectivity index (χ4n) is 2.55. The molecule has 0 radical (unpaired) electrons. The average molecular weight is 271 g/mol. The van der Waals surface area contributed by atoms with Crippen molar-refractivity contribution in [3.8, 4) is 5.75 Å². The molecule has 0 heterocycles. The number of nitrogens with one attached hydrogen (secondary N) is 1. The quantitative estimate of drug-likeness (QED) is 0.901. The van der Waals surface area contributed by atoms with Gasteiger partial charge < -0.3 is 15.2 Å². The first kappa shape index (κ1) is 12.9. The Bertz CT molecular complexity index is 647. The molecule has 104 valence electrons. The van der Waals surface area contributed by atoms with Crippen molar-refractivity contribution in [3.05, 3.63) is 42.0 Å². The van der Waals surface area contributed by atoms with Crippen LogP contribution in [-0.4, -0.2) is 30.3 Å². The second kappa shape index (κ2) is 5.13. The molecule has 3 rings (SSSR count). The highest BCUT2D eigenvalue weighted by molar-refractivity contribution is 6.01. The third kappa shape index (κ3) is 2.34. The lowest BCUT2D eigenvalue weighted by molar-refractivity contribution is 0.0176. The summed E-state index contributed by atoms with van der Waals surface area (Å²) < 4.78 is 5.18. The standard InChI is InChI=1S/C16H17NO3/c1-20-13-8-12(9-13)17-16(19)14-6-10-4-2-3-5-11(10)7-15(14)18/h2-7,12-13,18H,8-9H2,1H3,(H,17,19). The molecule has 2 aromatic rings. The number of ether oxygens (including phenoxy) is 1. The molecule has 1 saturated carbocycles. The molecule has 1 aliphatic carbocycles. The smallest absolute Gasteiger partial charge is 0.255 e. The normalized spacial score (nSPS) is 21.4. The molecule has 20 heavy (non-hydrogen) atoms. The molecule has 0 spiro atoms. The van der Waals surface area contributed by atoms with Crippen LogP contribution < -0.4 is 5.32 Å². The number of amides is 1.